The number of sulfonamides is 1. The van der Waals surface area contributed by atoms with E-state index in [1.807, 2.05) is 13.0 Å². The predicted octanol–water partition coefficient (Wildman–Crippen LogP) is 6.34. The highest BCUT2D eigenvalue weighted by Gasteiger charge is 2.36. The molecule has 0 aliphatic rings. The van der Waals surface area contributed by atoms with Gasteiger partial charge in [-0.2, -0.15) is 4.98 Å². The van der Waals surface area contributed by atoms with E-state index < -0.39 is 22.0 Å². The van der Waals surface area contributed by atoms with Gasteiger partial charge in [-0.05, 0) is 53.6 Å². The van der Waals surface area contributed by atoms with Crippen LogP contribution >= 0.6 is 23.2 Å². The Labute approximate surface area is 218 Å². The molecule has 0 radical (unpaired) electrons. The summed E-state index contributed by atoms with van der Waals surface area (Å²) in [5.74, 6) is -0.372. The van der Waals surface area contributed by atoms with Gasteiger partial charge in [-0.15, -0.1) is 0 Å². The lowest BCUT2D eigenvalue weighted by Gasteiger charge is -2.30. The van der Waals surface area contributed by atoms with Crippen molar-refractivity contribution >= 4 is 55.7 Å². The fraction of sp³-hybridized carbons (Fsp3) is 0.240. The number of halogens is 2. The van der Waals surface area contributed by atoms with Crippen LogP contribution in [0.1, 0.15) is 32.1 Å². The summed E-state index contributed by atoms with van der Waals surface area (Å²) in [6, 6.07) is 13.0. The van der Waals surface area contributed by atoms with Crippen LogP contribution in [-0.2, 0) is 14.8 Å². The van der Waals surface area contributed by atoms with Crippen LogP contribution in [0, 0.1) is 6.92 Å². The molecule has 0 amide bonds. The van der Waals surface area contributed by atoms with Crippen molar-refractivity contribution in [1.29, 1.82) is 0 Å². The Morgan fingerprint density at radius 2 is 1.72 bits per heavy atom. The SMILES string of the molecule is CCCCC(C(=O)O)N(c1ccc2cc(-c3noc(C)n3)ccc2c1)S(=O)(=O)c1cc(Cl)cc(Cl)c1. The van der Waals surface area contributed by atoms with Gasteiger partial charge in [0.25, 0.3) is 10.0 Å². The van der Waals surface area contributed by atoms with E-state index in [4.69, 9.17) is 27.7 Å². The number of hydrogen-bond acceptors (Lipinski definition) is 6. The van der Waals surface area contributed by atoms with Gasteiger partial charge in [-0.25, -0.2) is 13.2 Å². The molecule has 8 nitrogen and oxygen atoms in total. The van der Waals surface area contributed by atoms with Crippen molar-refractivity contribution in [2.45, 2.75) is 44.0 Å². The molecule has 1 N–H and O–H groups in total. The van der Waals surface area contributed by atoms with Gasteiger partial charge in [-0.1, -0.05) is 66.3 Å². The predicted molar refractivity (Wildman–Crippen MR) is 139 cm³/mol. The largest absolute Gasteiger partial charge is 0.480 e. The molecule has 1 aromatic heterocycles. The van der Waals surface area contributed by atoms with Crippen LogP contribution in [0.15, 0.2) is 64.0 Å². The number of aryl methyl sites for hydroxylation is 1. The summed E-state index contributed by atoms with van der Waals surface area (Å²) < 4.78 is 33.7. The van der Waals surface area contributed by atoms with Crippen LogP contribution in [0.5, 0.6) is 0 Å². The fourth-order valence-electron chi connectivity index (χ4n) is 3.94. The zero-order chi connectivity index (χ0) is 26.0. The zero-order valence-corrected chi connectivity index (χ0v) is 21.8. The molecular weight excluding hydrogens is 525 g/mol. The molecule has 1 unspecified atom stereocenters. The molecule has 1 atom stereocenters. The second-order valence-electron chi connectivity index (χ2n) is 8.29. The highest BCUT2D eigenvalue weighted by Crippen LogP contribution is 2.34. The maximum Gasteiger partial charge on any atom is 0.327 e. The maximum absolute atomic E-state index is 13.8. The summed E-state index contributed by atoms with van der Waals surface area (Å²) in [7, 11) is -4.34. The van der Waals surface area contributed by atoms with Gasteiger partial charge in [0.05, 0.1) is 10.6 Å². The Morgan fingerprint density at radius 3 is 2.33 bits per heavy atom. The number of carbonyl (C=O) groups is 1. The summed E-state index contributed by atoms with van der Waals surface area (Å²) in [5, 5.41) is 15.7. The lowest BCUT2D eigenvalue weighted by atomic mass is 10.0. The number of unbranched alkanes of at least 4 members (excludes halogenated alkanes) is 1. The Morgan fingerprint density at radius 1 is 1.06 bits per heavy atom. The van der Waals surface area contributed by atoms with Crippen LogP contribution in [0.2, 0.25) is 10.0 Å². The normalized spacial score (nSPS) is 12.6. The lowest BCUT2D eigenvalue weighted by molar-refractivity contribution is -0.138. The van der Waals surface area contributed by atoms with E-state index in [9.17, 15) is 18.3 Å². The zero-order valence-electron chi connectivity index (χ0n) is 19.5. The van der Waals surface area contributed by atoms with Crippen molar-refractivity contribution in [3.05, 3.63) is 70.5 Å². The first-order valence-electron chi connectivity index (χ1n) is 11.2. The van der Waals surface area contributed by atoms with Gasteiger partial charge in [0.15, 0.2) is 0 Å². The molecule has 0 saturated carbocycles. The van der Waals surface area contributed by atoms with Crippen molar-refractivity contribution in [3.8, 4) is 11.4 Å². The molecule has 4 rings (SSSR count). The minimum Gasteiger partial charge on any atom is -0.480 e. The van der Waals surface area contributed by atoms with Gasteiger partial charge in [0.2, 0.25) is 11.7 Å². The number of fused-ring (bicyclic) bond motifs is 1. The topological polar surface area (TPSA) is 114 Å². The van der Waals surface area contributed by atoms with E-state index in [2.05, 4.69) is 10.1 Å². The molecule has 36 heavy (non-hydrogen) atoms. The minimum atomic E-state index is -4.34. The summed E-state index contributed by atoms with van der Waals surface area (Å²) in [4.78, 5) is 16.4. The number of rotatable bonds is 9. The average molecular weight is 548 g/mol. The Hall–Kier alpha value is -3.14. The van der Waals surface area contributed by atoms with Crippen molar-refractivity contribution < 1.29 is 22.8 Å². The molecule has 0 bridgehead atoms. The Kier molecular flexibility index (Phi) is 7.54. The molecular formula is C25H23Cl2N3O5S. The number of benzene rings is 3. The van der Waals surface area contributed by atoms with Crippen LogP contribution in [0.4, 0.5) is 5.69 Å². The second kappa shape index (κ2) is 10.5. The highest BCUT2D eigenvalue weighted by molar-refractivity contribution is 7.93. The number of nitrogens with zero attached hydrogens (tertiary/aromatic N) is 3. The number of aromatic nitrogens is 2. The molecule has 0 spiro atoms. The highest BCUT2D eigenvalue weighted by atomic mass is 35.5. The monoisotopic (exact) mass is 547 g/mol. The molecule has 11 heteroatoms. The molecule has 0 fully saturated rings. The third kappa shape index (κ3) is 5.33. The average Bonchev–Trinajstić information content (AvgIpc) is 3.26. The third-order valence-electron chi connectivity index (χ3n) is 5.66. The van der Waals surface area contributed by atoms with Crippen molar-refractivity contribution in [2.75, 3.05) is 4.31 Å². The molecule has 0 saturated heterocycles. The minimum absolute atomic E-state index is 0.129. The maximum atomic E-state index is 13.8. The van der Waals surface area contributed by atoms with E-state index >= 15 is 0 Å². The van der Waals surface area contributed by atoms with E-state index in [0.29, 0.717) is 29.9 Å². The van der Waals surface area contributed by atoms with E-state index in [-0.39, 0.29) is 27.0 Å². The summed E-state index contributed by atoms with van der Waals surface area (Å²) in [6.45, 7) is 3.61. The number of aliphatic carboxylic acids is 1. The molecule has 4 aromatic rings. The summed E-state index contributed by atoms with van der Waals surface area (Å²) >= 11 is 12.2. The van der Waals surface area contributed by atoms with Crippen LogP contribution < -0.4 is 4.31 Å². The van der Waals surface area contributed by atoms with Crippen molar-refractivity contribution in [1.82, 2.24) is 10.1 Å². The number of hydrogen-bond donors (Lipinski definition) is 1. The number of anilines is 1. The first kappa shape index (κ1) is 25.9. The molecule has 3 aromatic carbocycles. The third-order valence-corrected chi connectivity index (χ3v) is 7.91. The van der Waals surface area contributed by atoms with Gasteiger partial charge < -0.3 is 9.63 Å². The van der Waals surface area contributed by atoms with Gasteiger partial charge in [0, 0.05) is 22.5 Å². The lowest BCUT2D eigenvalue weighted by Crippen LogP contribution is -2.45. The quantitative estimate of drug-likeness (QED) is 0.260. The van der Waals surface area contributed by atoms with E-state index in [1.165, 1.54) is 18.2 Å². The van der Waals surface area contributed by atoms with Gasteiger partial charge in [-0.3, -0.25) is 4.31 Å². The van der Waals surface area contributed by atoms with E-state index in [0.717, 1.165) is 15.3 Å². The molecule has 1 heterocycles. The standard InChI is InChI=1S/C25H23Cl2N3O5S/c1-3-4-5-23(25(31)32)30(36(33,34)22-13-19(26)12-20(27)14-22)21-9-8-16-10-18(7-6-17(16)11-21)24-28-15(2)35-29-24/h6-14,23H,3-5H2,1-2H3,(H,31,32). The summed E-state index contributed by atoms with van der Waals surface area (Å²) in [5.41, 5.74) is 0.946. The smallest absolute Gasteiger partial charge is 0.327 e. The first-order chi connectivity index (χ1) is 17.1. The van der Waals surface area contributed by atoms with Gasteiger partial charge >= 0.3 is 5.97 Å². The molecule has 0 aliphatic heterocycles. The Balaban J connectivity index is 1.86. The van der Waals surface area contributed by atoms with Crippen molar-refractivity contribution in [2.24, 2.45) is 0 Å². The number of carboxylic acids is 1. The fourth-order valence-corrected chi connectivity index (χ4v) is 6.30. The van der Waals surface area contributed by atoms with Crippen LogP contribution in [0.25, 0.3) is 22.2 Å². The Bertz CT molecular complexity index is 1520. The van der Waals surface area contributed by atoms with Crippen molar-refractivity contribution in [3.63, 3.8) is 0 Å². The molecule has 188 valence electrons. The molecule has 0 aliphatic carbocycles. The van der Waals surface area contributed by atoms with E-state index in [1.54, 1.807) is 37.3 Å². The van der Waals surface area contributed by atoms with Crippen LogP contribution in [0.3, 0.4) is 0 Å². The number of carboxylic acid groups (broad SMARTS) is 1. The van der Waals surface area contributed by atoms with Crippen LogP contribution in [-0.4, -0.2) is 35.7 Å². The second-order valence-corrected chi connectivity index (χ2v) is 11.0. The van der Waals surface area contributed by atoms with Gasteiger partial charge in [0.1, 0.15) is 6.04 Å². The first-order valence-corrected chi connectivity index (χ1v) is 13.4. The summed E-state index contributed by atoms with van der Waals surface area (Å²) in [6.07, 6.45) is 1.37.